The Kier molecular flexibility index (Phi) is 5.01. The summed E-state index contributed by atoms with van der Waals surface area (Å²) in [6, 6.07) is 0. The smallest absolute Gasteiger partial charge is 0.309 e. The third kappa shape index (κ3) is 2.76. The van der Waals surface area contributed by atoms with E-state index in [0.29, 0.717) is 58.0 Å². The number of rotatable bonds is 2. The summed E-state index contributed by atoms with van der Waals surface area (Å²) in [5.74, 6) is 4.27. The molecule has 0 aromatic carbocycles. The van der Waals surface area contributed by atoms with Crippen molar-refractivity contribution in [1.29, 1.82) is 0 Å². The highest BCUT2D eigenvalue weighted by molar-refractivity contribution is 5.82. The summed E-state index contributed by atoms with van der Waals surface area (Å²) in [6.45, 7) is 12.0. The standard InChI is InChI=1S/C28H44O3/c1-16(2)18-8-14-28(25(30)31)15-10-21-19(24(18)28)6-7-23-26(4)13-11-22(29)17(3)20(26)9-12-27(21,23)5/h16-21,23-24H,6-15H2,1-5H3,(H,30,31)/t17-,18-,19?,20?,21?,23?,24?,26+,27+,28+/m1/s1. The van der Waals surface area contributed by atoms with Crippen LogP contribution in [0, 0.1) is 63.6 Å². The highest BCUT2D eigenvalue weighted by atomic mass is 16.4. The Morgan fingerprint density at radius 3 is 2.26 bits per heavy atom. The SMILES string of the molecule is CC(C)[C@H]1CC[C@]2(C(=O)O)CCC3C(CCC4[C@@]3(C)CCC3[C@@H](C)C(=O)CC[C@@]34C)C12. The fourth-order valence-electron chi connectivity index (χ4n) is 10.9. The Hall–Kier alpha value is -0.860. The van der Waals surface area contributed by atoms with Crippen LogP contribution in [0.3, 0.4) is 0 Å². The van der Waals surface area contributed by atoms with Gasteiger partial charge in [0.15, 0.2) is 0 Å². The van der Waals surface area contributed by atoms with E-state index >= 15 is 0 Å². The van der Waals surface area contributed by atoms with E-state index in [4.69, 9.17) is 0 Å². The first-order valence-electron chi connectivity index (χ1n) is 13.3. The van der Waals surface area contributed by atoms with Gasteiger partial charge in [0.2, 0.25) is 0 Å². The summed E-state index contributed by atoms with van der Waals surface area (Å²) in [7, 11) is 0. The van der Waals surface area contributed by atoms with Crippen molar-refractivity contribution in [2.75, 3.05) is 0 Å². The van der Waals surface area contributed by atoms with Gasteiger partial charge in [0, 0.05) is 12.3 Å². The first-order valence-corrected chi connectivity index (χ1v) is 13.3. The molecule has 0 saturated heterocycles. The molecule has 0 amide bonds. The maximum atomic E-state index is 12.6. The van der Waals surface area contributed by atoms with E-state index in [1.54, 1.807) is 0 Å². The normalized spacial score (nSPS) is 54.0. The number of aliphatic carboxylic acids is 1. The van der Waals surface area contributed by atoms with Crippen molar-refractivity contribution in [3.63, 3.8) is 0 Å². The van der Waals surface area contributed by atoms with Crippen LogP contribution in [0.15, 0.2) is 0 Å². The van der Waals surface area contributed by atoms with Crippen LogP contribution >= 0.6 is 0 Å². The lowest BCUT2D eigenvalue weighted by molar-refractivity contribution is -0.195. The molecule has 5 aliphatic carbocycles. The van der Waals surface area contributed by atoms with E-state index in [1.807, 2.05) is 0 Å². The van der Waals surface area contributed by atoms with Crippen molar-refractivity contribution >= 4 is 11.8 Å². The fourth-order valence-corrected chi connectivity index (χ4v) is 10.9. The summed E-state index contributed by atoms with van der Waals surface area (Å²) < 4.78 is 0. The van der Waals surface area contributed by atoms with Crippen LogP contribution in [0.5, 0.6) is 0 Å². The van der Waals surface area contributed by atoms with Gasteiger partial charge in [0.05, 0.1) is 5.41 Å². The highest BCUT2D eigenvalue weighted by Crippen LogP contribution is 2.72. The number of hydrogen-bond donors (Lipinski definition) is 1. The number of carboxylic acids is 1. The predicted molar refractivity (Wildman–Crippen MR) is 122 cm³/mol. The number of hydrogen-bond acceptors (Lipinski definition) is 2. The van der Waals surface area contributed by atoms with Gasteiger partial charge in [-0.3, -0.25) is 9.59 Å². The summed E-state index contributed by atoms with van der Waals surface area (Å²) in [4.78, 5) is 25.2. The molecular weight excluding hydrogens is 384 g/mol. The van der Waals surface area contributed by atoms with Crippen molar-refractivity contribution in [3.8, 4) is 0 Å². The molecule has 0 heterocycles. The Labute approximate surface area is 189 Å². The Morgan fingerprint density at radius 1 is 0.935 bits per heavy atom. The van der Waals surface area contributed by atoms with Gasteiger partial charge in [0.25, 0.3) is 0 Å². The van der Waals surface area contributed by atoms with Crippen molar-refractivity contribution in [2.45, 2.75) is 98.8 Å². The van der Waals surface area contributed by atoms with Crippen LogP contribution in [0.2, 0.25) is 0 Å². The average molecular weight is 429 g/mol. The van der Waals surface area contributed by atoms with Crippen molar-refractivity contribution in [3.05, 3.63) is 0 Å². The van der Waals surface area contributed by atoms with E-state index in [2.05, 4.69) is 34.6 Å². The molecule has 0 radical (unpaired) electrons. The second kappa shape index (κ2) is 7.07. The summed E-state index contributed by atoms with van der Waals surface area (Å²) >= 11 is 0. The lowest BCUT2D eigenvalue weighted by Gasteiger charge is -2.67. The predicted octanol–water partition coefficient (Wildman–Crippen LogP) is 6.60. The first-order chi connectivity index (χ1) is 14.6. The maximum Gasteiger partial charge on any atom is 0.309 e. The zero-order valence-electron chi connectivity index (χ0n) is 20.5. The van der Waals surface area contributed by atoms with E-state index in [-0.39, 0.29) is 5.92 Å². The molecule has 31 heavy (non-hydrogen) atoms. The summed E-state index contributed by atoms with van der Waals surface area (Å²) in [5.41, 5.74) is 0.162. The second-order valence-electron chi connectivity index (χ2n) is 13.3. The molecule has 0 bridgehead atoms. The van der Waals surface area contributed by atoms with E-state index in [9.17, 15) is 14.7 Å². The van der Waals surface area contributed by atoms with Gasteiger partial charge in [-0.1, -0.05) is 34.6 Å². The second-order valence-corrected chi connectivity index (χ2v) is 13.3. The van der Waals surface area contributed by atoms with Crippen LogP contribution in [0.25, 0.3) is 0 Å². The molecule has 0 aromatic rings. The van der Waals surface area contributed by atoms with E-state index < -0.39 is 11.4 Å². The fraction of sp³-hybridized carbons (Fsp3) is 0.929. The van der Waals surface area contributed by atoms with Gasteiger partial charge in [0.1, 0.15) is 5.78 Å². The molecule has 5 unspecified atom stereocenters. The number of carbonyl (C=O) groups is 2. The molecule has 10 atom stereocenters. The topological polar surface area (TPSA) is 54.4 Å². The van der Waals surface area contributed by atoms with Gasteiger partial charge in [-0.05, 0) is 110 Å². The third-order valence-electron chi connectivity index (χ3n) is 12.3. The van der Waals surface area contributed by atoms with E-state index in [1.165, 1.54) is 25.7 Å². The van der Waals surface area contributed by atoms with Crippen molar-refractivity contribution in [2.24, 2.45) is 63.6 Å². The quantitative estimate of drug-likeness (QED) is 0.539. The van der Waals surface area contributed by atoms with Gasteiger partial charge >= 0.3 is 5.97 Å². The van der Waals surface area contributed by atoms with Crippen LogP contribution in [-0.4, -0.2) is 16.9 Å². The van der Waals surface area contributed by atoms with Crippen molar-refractivity contribution in [1.82, 2.24) is 0 Å². The van der Waals surface area contributed by atoms with Crippen LogP contribution in [-0.2, 0) is 9.59 Å². The summed E-state index contributed by atoms with van der Waals surface area (Å²) in [6.07, 6.45) is 10.8. The minimum Gasteiger partial charge on any atom is -0.481 e. The van der Waals surface area contributed by atoms with Crippen LogP contribution < -0.4 is 0 Å². The van der Waals surface area contributed by atoms with Crippen LogP contribution in [0.4, 0.5) is 0 Å². The minimum absolute atomic E-state index is 0.229. The number of carboxylic acid groups (broad SMARTS) is 1. The number of carbonyl (C=O) groups excluding carboxylic acids is 1. The molecule has 5 saturated carbocycles. The molecule has 0 aliphatic heterocycles. The van der Waals surface area contributed by atoms with Crippen LogP contribution in [0.1, 0.15) is 98.8 Å². The lowest BCUT2D eigenvalue weighted by Crippen LogP contribution is -2.61. The highest BCUT2D eigenvalue weighted by Gasteiger charge is 2.67. The molecule has 5 fully saturated rings. The molecular formula is C28H44O3. The Balaban J connectivity index is 1.51. The lowest BCUT2D eigenvalue weighted by atomic mass is 9.37. The average Bonchev–Trinajstić information content (AvgIpc) is 3.13. The molecule has 0 spiro atoms. The molecule has 5 rings (SSSR count). The van der Waals surface area contributed by atoms with E-state index in [0.717, 1.165) is 38.5 Å². The minimum atomic E-state index is -0.498. The maximum absolute atomic E-state index is 12.6. The largest absolute Gasteiger partial charge is 0.481 e. The third-order valence-corrected chi connectivity index (χ3v) is 12.3. The Bertz CT molecular complexity index is 772. The van der Waals surface area contributed by atoms with Gasteiger partial charge < -0.3 is 5.11 Å². The van der Waals surface area contributed by atoms with Gasteiger partial charge in [-0.25, -0.2) is 0 Å². The summed E-state index contributed by atoms with van der Waals surface area (Å²) in [5, 5.41) is 10.4. The van der Waals surface area contributed by atoms with Gasteiger partial charge in [-0.2, -0.15) is 0 Å². The molecule has 3 heteroatoms. The molecule has 5 aliphatic rings. The molecule has 174 valence electrons. The Morgan fingerprint density at radius 2 is 1.58 bits per heavy atom. The number of fused-ring (bicyclic) bond motifs is 7. The number of ketones is 1. The molecule has 3 nitrogen and oxygen atoms in total. The van der Waals surface area contributed by atoms with Gasteiger partial charge in [-0.15, -0.1) is 0 Å². The zero-order chi connectivity index (χ0) is 22.3. The zero-order valence-corrected chi connectivity index (χ0v) is 20.5. The first kappa shape index (κ1) is 22.0. The number of Topliss-reactive ketones (excluding diaryl/α,β-unsaturated/α-hetero) is 1. The van der Waals surface area contributed by atoms with Crippen molar-refractivity contribution < 1.29 is 14.7 Å². The molecule has 1 N–H and O–H groups in total. The molecule has 0 aromatic heterocycles. The monoisotopic (exact) mass is 428 g/mol.